The van der Waals surface area contributed by atoms with Crippen molar-refractivity contribution in [3.63, 3.8) is 0 Å². The van der Waals surface area contributed by atoms with Gasteiger partial charge in [-0.2, -0.15) is 5.26 Å². The predicted octanol–water partition coefficient (Wildman–Crippen LogP) is 4.17. The van der Waals surface area contributed by atoms with Gasteiger partial charge in [-0.25, -0.2) is 13.1 Å². The monoisotopic (exact) mass is 630 g/mol. The molecule has 3 atom stereocenters. The second-order valence-electron chi connectivity index (χ2n) is 10.1. The highest BCUT2D eigenvalue weighted by molar-refractivity contribution is 7.90. The molecule has 0 bridgehead atoms. The van der Waals surface area contributed by atoms with Crippen LogP contribution in [0.1, 0.15) is 51.7 Å². The van der Waals surface area contributed by atoms with Crippen LogP contribution in [0.5, 0.6) is 0 Å². The Kier molecular flexibility index (Phi) is 11.5. The Morgan fingerprint density at radius 3 is 2.48 bits per heavy atom. The van der Waals surface area contributed by atoms with Gasteiger partial charge >= 0.3 is 0 Å². The van der Waals surface area contributed by atoms with Crippen molar-refractivity contribution in [1.82, 2.24) is 15.4 Å². The van der Waals surface area contributed by atoms with Crippen molar-refractivity contribution >= 4 is 39.1 Å². The molecular weight excluding hydrogens is 597 g/mol. The smallest absolute Gasteiger partial charge is 0.264 e. The lowest BCUT2D eigenvalue weighted by atomic mass is 9.83. The number of hydrogen-bond acceptors (Lipinski definition) is 7. The predicted molar refractivity (Wildman–Crippen MR) is 171 cm³/mol. The van der Waals surface area contributed by atoms with Gasteiger partial charge in [-0.3, -0.25) is 9.59 Å². The van der Waals surface area contributed by atoms with Gasteiger partial charge in [0.1, 0.15) is 6.04 Å². The number of allylic oxidation sites excluding steroid dienone is 4. The Hall–Kier alpha value is -4.73. The quantitative estimate of drug-likeness (QED) is 0.0766. The summed E-state index contributed by atoms with van der Waals surface area (Å²) in [6.07, 6.45) is 12.5. The number of aliphatic imine (C=N–C) groups is 1. The molecule has 5 N–H and O–H groups in total. The molecule has 1 aliphatic carbocycles. The van der Waals surface area contributed by atoms with Crippen LogP contribution < -0.4 is 21.1 Å². The maximum Gasteiger partial charge on any atom is 0.264 e. The van der Waals surface area contributed by atoms with Crippen LogP contribution in [0.2, 0.25) is 0 Å². The number of nitriles is 1. The van der Waals surface area contributed by atoms with Crippen LogP contribution in [0, 0.1) is 17.4 Å². The zero-order valence-electron chi connectivity index (χ0n) is 23.9. The van der Waals surface area contributed by atoms with Crippen molar-refractivity contribution < 1.29 is 18.0 Å². The van der Waals surface area contributed by atoms with E-state index in [9.17, 15) is 18.0 Å². The first-order valence-corrected chi connectivity index (χ1v) is 16.4. The molecule has 3 aromatic rings. The molecule has 1 aliphatic rings. The van der Waals surface area contributed by atoms with Gasteiger partial charge < -0.3 is 16.4 Å². The number of nitrogens with two attached hydrogens (primary N) is 1. The van der Waals surface area contributed by atoms with Gasteiger partial charge in [-0.1, -0.05) is 72.8 Å². The van der Waals surface area contributed by atoms with E-state index >= 15 is 0 Å². The van der Waals surface area contributed by atoms with Crippen LogP contribution in [0.15, 0.2) is 107 Å². The van der Waals surface area contributed by atoms with E-state index in [0.717, 1.165) is 23.3 Å². The van der Waals surface area contributed by atoms with E-state index in [2.05, 4.69) is 56.8 Å². The normalized spacial score (nSPS) is 16.2. The molecule has 2 amide bonds. The first-order valence-electron chi connectivity index (χ1n) is 14.1. The Morgan fingerprint density at radius 1 is 1.02 bits per heavy atom. The zero-order valence-corrected chi connectivity index (χ0v) is 25.6. The van der Waals surface area contributed by atoms with Crippen molar-refractivity contribution in [3.8, 4) is 6.19 Å². The third-order valence-electron chi connectivity index (χ3n) is 7.03. The van der Waals surface area contributed by atoms with Gasteiger partial charge in [0.25, 0.3) is 21.8 Å². The molecule has 0 saturated carbocycles. The fourth-order valence-corrected chi connectivity index (χ4v) is 7.06. The summed E-state index contributed by atoms with van der Waals surface area (Å²) in [6, 6.07) is 20.2. The number of nitrogens with one attached hydrogen (secondary N) is 3. The van der Waals surface area contributed by atoms with Gasteiger partial charge in [0.05, 0.1) is 9.77 Å². The number of benzene rings is 2. The summed E-state index contributed by atoms with van der Waals surface area (Å²) in [7, 11) is -4.16. The molecule has 44 heavy (non-hydrogen) atoms. The zero-order chi connectivity index (χ0) is 31.4. The fourth-order valence-electron chi connectivity index (χ4n) is 4.91. The average molecular weight is 631 g/mol. The number of amides is 2. The highest BCUT2D eigenvalue weighted by Gasteiger charge is 2.29. The van der Waals surface area contributed by atoms with E-state index in [4.69, 9.17) is 11.0 Å². The fraction of sp³-hybridized carbons (Fsp3) is 0.250. The van der Waals surface area contributed by atoms with Gasteiger partial charge in [0.15, 0.2) is 0 Å². The molecule has 10 nitrogen and oxygen atoms in total. The van der Waals surface area contributed by atoms with E-state index < -0.39 is 27.9 Å². The molecule has 0 radical (unpaired) electrons. The Morgan fingerprint density at radius 2 is 1.75 bits per heavy atom. The van der Waals surface area contributed by atoms with E-state index in [-0.39, 0.29) is 35.7 Å². The molecule has 4 rings (SSSR count). The number of rotatable bonds is 12. The number of carbonyl (C=O) groups is 2. The van der Waals surface area contributed by atoms with E-state index in [0.29, 0.717) is 11.3 Å². The van der Waals surface area contributed by atoms with Crippen LogP contribution in [-0.2, 0) is 14.8 Å². The summed E-state index contributed by atoms with van der Waals surface area (Å²) in [5, 5.41) is 14.1. The number of hydrogen-bond donors (Lipinski definition) is 4. The summed E-state index contributed by atoms with van der Waals surface area (Å²) in [5.74, 6) is -1.20. The first-order chi connectivity index (χ1) is 21.3. The third-order valence-corrected chi connectivity index (χ3v) is 9.56. The summed E-state index contributed by atoms with van der Waals surface area (Å²) in [4.78, 5) is 31.4. The largest absolute Gasteiger partial charge is 0.369 e. The van der Waals surface area contributed by atoms with Crippen molar-refractivity contribution in [3.05, 3.63) is 112 Å². The number of sulfonamides is 1. The van der Waals surface area contributed by atoms with Crippen molar-refractivity contribution in [2.45, 2.75) is 42.5 Å². The lowest BCUT2D eigenvalue weighted by Crippen LogP contribution is -2.48. The van der Waals surface area contributed by atoms with Crippen LogP contribution in [0.25, 0.3) is 0 Å². The second kappa shape index (κ2) is 15.7. The number of carbonyl (C=O) groups excluding carboxylic acids is 2. The molecule has 228 valence electrons. The van der Waals surface area contributed by atoms with Gasteiger partial charge in [0.2, 0.25) is 12.2 Å². The van der Waals surface area contributed by atoms with Crippen LogP contribution in [0.3, 0.4) is 0 Å². The Labute approximate surface area is 261 Å². The molecule has 0 saturated heterocycles. The maximum atomic E-state index is 13.5. The Balaban J connectivity index is 1.53. The highest BCUT2D eigenvalue weighted by atomic mass is 32.2. The third kappa shape index (κ3) is 8.89. The second-order valence-corrected chi connectivity index (χ2v) is 12.9. The summed E-state index contributed by atoms with van der Waals surface area (Å²) < 4.78 is 27.8. The number of guanidine groups is 1. The van der Waals surface area contributed by atoms with Crippen LogP contribution in [-0.4, -0.2) is 38.8 Å². The minimum absolute atomic E-state index is 0.0310. The van der Waals surface area contributed by atoms with Crippen LogP contribution in [0.4, 0.5) is 0 Å². The van der Waals surface area contributed by atoms with Crippen molar-refractivity contribution in [2.75, 3.05) is 6.54 Å². The molecule has 2 aromatic carbocycles. The first kappa shape index (κ1) is 32.2. The molecule has 1 aromatic heterocycles. The average Bonchev–Trinajstić information content (AvgIpc) is 3.35. The van der Waals surface area contributed by atoms with E-state index in [1.165, 1.54) is 23.5 Å². The summed E-state index contributed by atoms with van der Waals surface area (Å²) >= 11 is 1.35. The summed E-state index contributed by atoms with van der Waals surface area (Å²) in [6.45, 7) is 0.243. The minimum Gasteiger partial charge on any atom is -0.369 e. The molecule has 0 spiro atoms. The topological polar surface area (TPSA) is 167 Å². The van der Waals surface area contributed by atoms with Gasteiger partial charge in [-0.15, -0.1) is 16.3 Å². The number of nitrogens with zero attached hydrogens (tertiary/aromatic N) is 2. The van der Waals surface area contributed by atoms with Crippen molar-refractivity contribution in [2.24, 2.45) is 16.6 Å². The molecule has 2 unspecified atom stereocenters. The number of thiophene rings is 1. The lowest BCUT2D eigenvalue weighted by Gasteiger charge is -2.23. The van der Waals surface area contributed by atoms with Gasteiger partial charge in [0, 0.05) is 17.3 Å². The SMILES string of the molecule is N#C/N=C(/N)NCCC[C@H](NC(=O)c1ccc(C(c2ccccc2)C2C=CCC=CC2)s1)C(=O)NS(=O)(=O)c1ccccc1. The lowest BCUT2D eigenvalue weighted by molar-refractivity contribution is -0.121. The van der Waals surface area contributed by atoms with E-state index in [1.54, 1.807) is 30.5 Å². The minimum atomic E-state index is -4.16. The summed E-state index contributed by atoms with van der Waals surface area (Å²) in [5.41, 5.74) is 6.72. The van der Waals surface area contributed by atoms with Crippen molar-refractivity contribution in [1.29, 1.82) is 5.26 Å². The highest BCUT2D eigenvalue weighted by Crippen LogP contribution is 2.39. The molecule has 0 aliphatic heterocycles. The molecule has 0 fully saturated rings. The Bertz CT molecular complexity index is 1660. The van der Waals surface area contributed by atoms with Crippen LogP contribution >= 0.6 is 11.3 Å². The van der Waals surface area contributed by atoms with Gasteiger partial charge in [-0.05, 0) is 61.4 Å². The van der Waals surface area contributed by atoms with E-state index in [1.807, 2.05) is 24.3 Å². The molecule has 1 heterocycles. The molecule has 12 heteroatoms. The molecular formula is C32H34N6O4S2. The maximum absolute atomic E-state index is 13.5. The standard InChI is InChI=1S/C32H34N6O4S2/c33-22-36-32(34)35-21-11-18-26(30(39)38-44(41,42)25-16-9-4-10-17-25)37-31(40)28-20-19-27(43-28)29(24-14-7-3-8-15-24)23-12-5-1-2-6-13-23/h1,3-10,13-17,19-20,23,26,29H,2,11-12,18,21H2,(H,37,40)(H,38,39)(H3,34,35,36)/t23?,26-,29?/m0/s1.